The minimum Gasteiger partial charge on any atom is -0.453 e. The number of ether oxygens (including phenoxy) is 1. The Morgan fingerprint density at radius 3 is 2.73 bits per heavy atom. The summed E-state index contributed by atoms with van der Waals surface area (Å²) in [4.78, 5) is 43.1. The van der Waals surface area contributed by atoms with Crippen molar-refractivity contribution in [2.45, 2.75) is 32.3 Å². The number of nitrogens with one attached hydrogen (secondary N) is 2. The summed E-state index contributed by atoms with van der Waals surface area (Å²) < 4.78 is 31.5. The SMILES string of the molecule is C[C@H](OC(=O)CCCc1nc2ccccc2c(=O)[nH]1)C(=O)Nc1ccc(F)cc1F. The predicted octanol–water partition coefficient (Wildman–Crippen LogP) is 3.09. The van der Waals surface area contributed by atoms with Gasteiger partial charge < -0.3 is 15.0 Å². The number of aryl methyl sites for hydroxylation is 1. The van der Waals surface area contributed by atoms with Gasteiger partial charge in [-0.15, -0.1) is 0 Å². The van der Waals surface area contributed by atoms with Crippen LogP contribution in [0.2, 0.25) is 0 Å². The normalized spacial score (nSPS) is 11.8. The predicted molar refractivity (Wildman–Crippen MR) is 106 cm³/mol. The Balaban J connectivity index is 1.49. The van der Waals surface area contributed by atoms with Crippen molar-refractivity contribution in [1.82, 2.24) is 9.97 Å². The van der Waals surface area contributed by atoms with Crippen LogP contribution in [0.5, 0.6) is 0 Å². The van der Waals surface area contributed by atoms with Crippen molar-refractivity contribution in [2.75, 3.05) is 5.32 Å². The highest BCUT2D eigenvalue weighted by atomic mass is 19.1. The first-order chi connectivity index (χ1) is 14.3. The van der Waals surface area contributed by atoms with Gasteiger partial charge in [0, 0.05) is 18.9 Å². The number of carbonyl (C=O) groups excluding carboxylic acids is 2. The van der Waals surface area contributed by atoms with Gasteiger partial charge in [0.2, 0.25) is 0 Å². The van der Waals surface area contributed by atoms with Gasteiger partial charge in [0.25, 0.3) is 11.5 Å². The first-order valence-electron chi connectivity index (χ1n) is 9.27. The summed E-state index contributed by atoms with van der Waals surface area (Å²) in [6.45, 7) is 1.34. The Morgan fingerprint density at radius 1 is 1.20 bits per heavy atom. The van der Waals surface area contributed by atoms with E-state index in [1.165, 1.54) is 6.92 Å². The highest BCUT2D eigenvalue weighted by Crippen LogP contribution is 2.15. The summed E-state index contributed by atoms with van der Waals surface area (Å²) in [5, 5.41) is 2.72. The third-order valence-corrected chi connectivity index (χ3v) is 4.32. The molecule has 0 saturated heterocycles. The van der Waals surface area contributed by atoms with E-state index in [2.05, 4.69) is 15.3 Å². The number of amides is 1. The van der Waals surface area contributed by atoms with E-state index in [4.69, 9.17) is 4.74 Å². The molecule has 0 spiro atoms. The molecular weight excluding hydrogens is 396 g/mol. The van der Waals surface area contributed by atoms with E-state index < -0.39 is 29.6 Å². The number of nitrogens with zero attached hydrogens (tertiary/aromatic N) is 1. The summed E-state index contributed by atoms with van der Waals surface area (Å²) in [7, 11) is 0. The fraction of sp³-hybridized carbons (Fsp3) is 0.238. The fourth-order valence-corrected chi connectivity index (χ4v) is 2.79. The molecule has 1 heterocycles. The van der Waals surface area contributed by atoms with Crippen LogP contribution in [0, 0.1) is 11.6 Å². The summed E-state index contributed by atoms with van der Waals surface area (Å²) in [5.74, 6) is -2.62. The summed E-state index contributed by atoms with van der Waals surface area (Å²) in [6.07, 6.45) is -0.475. The number of esters is 1. The summed E-state index contributed by atoms with van der Waals surface area (Å²) in [5.41, 5.74) is 0.101. The largest absolute Gasteiger partial charge is 0.453 e. The van der Waals surface area contributed by atoms with Gasteiger partial charge in [0.15, 0.2) is 6.10 Å². The quantitative estimate of drug-likeness (QED) is 0.578. The number of para-hydroxylation sites is 1. The number of aromatic nitrogens is 2. The lowest BCUT2D eigenvalue weighted by atomic mass is 10.2. The van der Waals surface area contributed by atoms with Crippen molar-refractivity contribution in [1.29, 1.82) is 0 Å². The van der Waals surface area contributed by atoms with E-state index in [-0.39, 0.29) is 17.7 Å². The van der Waals surface area contributed by atoms with E-state index >= 15 is 0 Å². The molecule has 0 bridgehead atoms. The van der Waals surface area contributed by atoms with Gasteiger partial charge in [-0.25, -0.2) is 13.8 Å². The van der Waals surface area contributed by atoms with E-state index in [1.807, 2.05) is 0 Å². The molecule has 3 rings (SSSR count). The molecule has 156 valence electrons. The lowest BCUT2D eigenvalue weighted by molar-refractivity contribution is -0.153. The minimum absolute atomic E-state index is 0.000926. The molecule has 0 fully saturated rings. The van der Waals surface area contributed by atoms with Gasteiger partial charge in [-0.2, -0.15) is 0 Å². The molecule has 1 aromatic heterocycles. The Morgan fingerprint density at radius 2 is 1.97 bits per heavy atom. The zero-order chi connectivity index (χ0) is 21.7. The zero-order valence-corrected chi connectivity index (χ0v) is 16.1. The molecule has 9 heteroatoms. The van der Waals surface area contributed by atoms with Crippen molar-refractivity contribution in [2.24, 2.45) is 0 Å². The molecule has 0 aliphatic heterocycles. The molecule has 0 aliphatic rings. The van der Waals surface area contributed by atoms with Crippen LogP contribution in [-0.4, -0.2) is 27.9 Å². The second-order valence-corrected chi connectivity index (χ2v) is 6.63. The van der Waals surface area contributed by atoms with Crippen LogP contribution in [-0.2, 0) is 20.7 Å². The van der Waals surface area contributed by atoms with Crippen molar-refractivity contribution in [3.8, 4) is 0 Å². The van der Waals surface area contributed by atoms with Gasteiger partial charge in [0.1, 0.15) is 17.5 Å². The fourth-order valence-electron chi connectivity index (χ4n) is 2.79. The number of anilines is 1. The number of aromatic amines is 1. The van der Waals surface area contributed by atoms with Crippen molar-refractivity contribution in [3.63, 3.8) is 0 Å². The summed E-state index contributed by atoms with van der Waals surface area (Å²) >= 11 is 0. The first-order valence-corrected chi connectivity index (χ1v) is 9.27. The molecule has 3 aromatic rings. The van der Waals surface area contributed by atoms with E-state index in [0.717, 1.165) is 12.1 Å². The molecule has 1 amide bonds. The van der Waals surface area contributed by atoms with Gasteiger partial charge in [-0.3, -0.25) is 14.4 Å². The van der Waals surface area contributed by atoms with Crippen LogP contribution in [0.4, 0.5) is 14.5 Å². The maximum Gasteiger partial charge on any atom is 0.306 e. The van der Waals surface area contributed by atoms with Crippen LogP contribution in [0.1, 0.15) is 25.6 Å². The Bertz CT molecular complexity index is 1150. The number of benzene rings is 2. The number of hydrogen-bond donors (Lipinski definition) is 2. The lowest BCUT2D eigenvalue weighted by Crippen LogP contribution is -2.30. The molecule has 2 aromatic carbocycles. The van der Waals surface area contributed by atoms with E-state index in [1.54, 1.807) is 24.3 Å². The number of hydrogen-bond acceptors (Lipinski definition) is 5. The maximum absolute atomic E-state index is 13.6. The number of carbonyl (C=O) groups is 2. The van der Waals surface area contributed by atoms with E-state index in [0.29, 0.717) is 35.6 Å². The molecule has 0 radical (unpaired) electrons. The number of halogens is 2. The second kappa shape index (κ2) is 9.25. The van der Waals surface area contributed by atoms with Gasteiger partial charge in [0.05, 0.1) is 16.6 Å². The van der Waals surface area contributed by atoms with Crippen molar-refractivity contribution < 1.29 is 23.1 Å². The minimum atomic E-state index is -1.17. The van der Waals surface area contributed by atoms with Crippen LogP contribution < -0.4 is 10.9 Å². The first kappa shape index (κ1) is 21.1. The van der Waals surface area contributed by atoms with Gasteiger partial charge in [-0.1, -0.05) is 12.1 Å². The zero-order valence-electron chi connectivity index (χ0n) is 16.1. The number of H-pyrrole nitrogens is 1. The molecule has 0 saturated carbocycles. The number of rotatable bonds is 7. The molecule has 30 heavy (non-hydrogen) atoms. The highest BCUT2D eigenvalue weighted by molar-refractivity contribution is 5.95. The highest BCUT2D eigenvalue weighted by Gasteiger charge is 2.19. The van der Waals surface area contributed by atoms with E-state index in [9.17, 15) is 23.2 Å². The lowest BCUT2D eigenvalue weighted by Gasteiger charge is -2.14. The molecule has 7 nitrogen and oxygen atoms in total. The Kier molecular flexibility index (Phi) is 6.51. The molecule has 0 aliphatic carbocycles. The third kappa shape index (κ3) is 5.25. The average molecular weight is 415 g/mol. The molecule has 1 atom stereocenters. The monoisotopic (exact) mass is 415 g/mol. The standard InChI is InChI=1S/C21H19F2N3O4/c1-12(20(28)25-17-10-9-13(22)11-15(17)23)30-19(27)8-4-7-18-24-16-6-3-2-5-14(16)21(29)26-18/h2-3,5-6,9-12H,4,7-8H2,1H3,(H,25,28)(H,24,26,29)/t12-/m0/s1. The molecule has 0 unspecified atom stereocenters. The van der Waals surface area contributed by atoms with Crippen LogP contribution >= 0.6 is 0 Å². The van der Waals surface area contributed by atoms with Crippen LogP contribution in [0.25, 0.3) is 10.9 Å². The topological polar surface area (TPSA) is 101 Å². The summed E-state index contributed by atoms with van der Waals surface area (Å²) in [6, 6.07) is 9.64. The van der Waals surface area contributed by atoms with Gasteiger partial charge in [-0.05, 0) is 37.6 Å². The van der Waals surface area contributed by atoms with Crippen LogP contribution in [0.15, 0.2) is 47.3 Å². The Labute approximate surface area is 170 Å². The van der Waals surface area contributed by atoms with Crippen LogP contribution in [0.3, 0.4) is 0 Å². The third-order valence-electron chi connectivity index (χ3n) is 4.32. The maximum atomic E-state index is 13.6. The molecule has 2 N–H and O–H groups in total. The molecular formula is C21H19F2N3O4. The average Bonchev–Trinajstić information content (AvgIpc) is 2.70. The smallest absolute Gasteiger partial charge is 0.306 e. The van der Waals surface area contributed by atoms with Gasteiger partial charge >= 0.3 is 5.97 Å². The Hall–Kier alpha value is -3.62. The van der Waals surface area contributed by atoms with Crippen molar-refractivity contribution >= 4 is 28.5 Å². The second-order valence-electron chi connectivity index (χ2n) is 6.63. The van der Waals surface area contributed by atoms with Crippen molar-refractivity contribution in [3.05, 3.63) is 70.3 Å². The number of fused-ring (bicyclic) bond motifs is 1.